The first-order chi connectivity index (χ1) is 5.93. The molecule has 1 rings (SSSR count). The molecule has 1 N–H and O–H groups in total. The number of hydrogen-bond donors (Lipinski definition) is 1. The lowest BCUT2D eigenvalue weighted by atomic mass is 10.0. The highest BCUT2D eigenvalue weighted by molar-refractivity contribution is 4.64. The van der Waals surface area contributed by atoms with Crippen LogP contribution in [-0.2, 0) is 4.74 Å². The zero-order valence-electron chi connectivity index (χ0n) is 8.73. The van der Waals surface area contributed by atoms with Gasteiger partial charge in [-0.3, -0.25) is 0 Å². The van der Waals surface area contributed by atoms with Crippen LogP contribution in [0.4, 0.5) is 0 Å². The zero-order valence-corrected chi connectivity index (χ0v) is 8.73. The van der Waals surface area contributed by atoms with Crippen LogP contribution in [0.1, 0.15) is 35.0 Å². The van der Waals surface area contributed by atoms with Gasteiger partial charge >= 0.3 is 0 Å². The second-order valence-corrected chi connectivity index (χ2v) is 2.86. The number of hydrogen-bond acceptors (Lipinski definition) is 2. The Labute approximate surface area is 78.2 Å². The van der Waals surface area contributed by atoms with E-state index in [2.05, 4.69) is 12.2 Å². The summed E-state index contributed by atoms with van der Waals surface area (Å²) in [4.78, 5) is 0. The minimum Gasteiger partial charge on any atom is -0.381 e. The highest BCUT2D eigenvalue weighted by Gasteiger charge is 2.11. The number of rotatable bonds is 3. The maximum Gasteiger partial charge on any atom is 0.0469 e. The molecule has 1 fully saturated rings. The van der Waals surface area contributed by atoms with Gasteiger partial charge in [-0.15, -0.1) is 0 Å². The molecule has 0 unspecified atom stereocenters. The van der Waals surface area contributed by atoms with Crippen molar-refractivity contribution in [1.82, 2.24) is 5.32 Å². The van der Waals surface area contributed by atoms with E-state index in [1.54, 1.807) is 0 Å². The van der Waals surface area contributed by atoms with Crippen molar-refractivity contribution < 1.29 is 6.16 Å². The molecule has 1 heterocycles. The molecule has 0 spiro atoms. The third-order valence-corrected chi connectivity index (χ3v) is 2.02. The van der Waals surface area contributed by atoms with Gasteiger partial charge in [0.1, 0.15) is 0 Å². The molecule has 0 aromatic heterocycles. The van der Waals surface area contributed by atoms with E-state index in [1.165, 1.54) is 19.4 Å². The SMILES string of the molecule is CC.CCNCC1CCOCC1.[HH]. The Morgan fingerprint density at radius 1 is 1.33 bits per heavy atom. The van der Waals surface area contributed by atoms with E-state index in [4.69, 9.17) is 4.74 Å². The zero-order chi connectivity index (χ0) is 9.23. The molecule has 0 radical (unpaired) electrons. The molecular weight excluding hydrogens is 150 g/mol. The average Bonchev–Trinajstić information content (AvgIpc) is 2.19. The van der Waals surface area contributed by atoms with Crippen LogP contribution < -0.4 is 5.32 Å². The first kappa shape index (κ1) is 11.9. The topological polar surface area (TPSA) is 21.3 Å². The second kappa shape index (κ2) is 9.01. The largest absolute Gasteiger partial charge is 0.381 e. The molecule has 0 aromatic rings. The first-order valence-corrected chi connectivity index (χ1v) is 5.22. The fraction of sp³-hybridized carbons (Fsp3) is 1.00. The van der Waals surface area contributed by atoms with E-state index in [0.717, 1.165) is 25.7 Å². The molecule has 0 atom stereocenters. The molecule has 1 aliphatic rings. The van der Waals surface area contributed by atoms with Crippen LogP contribution in [0.25, 0.3) is 0 Å². The first-order valence-electron chi connectivity index (χ1n) is 5.22. The third-order valence-electron chi connectivity index (χ3n) is 2.02. The van der Waals surface area contributed by atoms with Gasteiger partial charge in [0.15, 0.2) is 0 Å². The van der Waals surface area contributed by atoms with Crippen molar-refractivity contribution >= 4 is 0 Å². The second-order valence-electron chi connectivity index (χ2n) is 2.86. The van der Waals surface area contributed by atoms with Crippen molar-refractivity contribution in [3.63, 3.8) is 0 Å². The normalized spacial score (nSPS) is 18.2. The molecule has 0 amide bonds. The summed E-state index contributed by atoms with van der Waals surface area (Å²) in [6, 6.07) is 0. The maximum atomic E-state index is 5.25. The minimum atomic E-state index is 0. The molecule has 0 aromatic carbocycles. The standard InChI is InChI=1S/C8H17NO.C2H6.H2/c1-2-9-7-8-3-5-10-6-4-8;1-2;/h8-9H,2-7H2,1H3;1-2H3;1H. The van der Waals surface area contributed by atoms with Crippen molar-refractivity contribution in [2.24, 2.45) is 5.92 Å². The summed E-state index contributed by atoms with van der Waals surface area (Å²) in [6.45, 7) is 10.4. The molecule has 1 aliphatic heterocycles. The van der Waals surface area contributed by atoms with Gasteiger partial charge in [0.2, 0.25) is 0 Å². The Morgan fingerprint density at radius 3 is 2.42 bits per heavy atom. The Morgan fingerprint density at radius 2 is 1.92 bits per heavy atom. The van der Waals surface area contributed by atoms with E-state index < -0.39 is 0 Å². The highest BCUT2D eigenvalue weighted by atomic mass is 16.5. The lowest BCUT2D eigenvalue weighted by Gasteiger charge is -2.21. The summed E-state index contributed by atoms with van der Waals surface area (Å²) in [5, 5.41) is 3.36. The Hall–Kier alpha value is -0.0800. The van der Waals surface area contributed by atoms with Crippen molar-refractivity contribution in [3.8, 4) is 0 Å². The molecule has 2 heteroatoms. The highest BCUT2D eigenvalue weighted by Crippen LogP contribution is 2.12. The molecule has 2 nitrogen and oxygen atoms in total. The smallest absolute Gasteiger partial charge is 0.0469 e. The van der Waals surface area contributed by atoms with Crippen LogP contribution in [0.5, 0.6) is 0 Å². The van der Waals surface area contributed by atoms with E-state index in [1.807, 2.05) is 13.8 Å². The predicted molar refractivity (Wildman–Crippen MR) is 55.5 cm³/mol. The summed E-state index contributed by atoms with van der Waals surface area (Å²) in [6.07, 6.45) is 2.49. The van der Waals surface area contributed by atoms with Crippen LogP contribution in [0.3, 0.4) is 0 Å². The lowest BCUT2D eigenvalue weighted by molar-refractivity contribution is 0.0665. The monoisotopic (exact) mass is 175 g/mol. The molecular formula is C10H25NO. The maximum absolute atomic E-state index is 5.25. The minimum absolute atomic E-state index is 0. The summed E-state index contributed by atoms with van der Waals surface area (Å²) in [5.41, 5.74) is 0. The molecule has 0 bridgehead atoms. The van der Waals surface area contributed by atoms with Crippen LogP contribution in [0, 0.1) is 5.92 Å². The van der Waals surface area contributed by atoms with Gasteiger partial charge in [-0.2, -0.15) is 0 Å². The van der Waals surface area contributed by atoms with Gasteiger partial charge < -0.3 is 10.1 Å². The van der Waals surface area contributed by atoms with Gasteiger partial charge in [0.05, 0.1) is 0 Å². The summed E-state index contributed by atoms with van der Waals surface area (Å²) < 4.78 is 5.25. The van der Waals surface area contributed by atoms with Crippen molar-refractivity contribution in [3.05, 3.63) is 0 Å². The Bertz CT molecular complexity index is 85.0. The van der Waals surface area contributed by atoms with Gasteiger partial charge in [-0.05, 0) is 31.8 Å². The number of nitrogens with one attached hydrogen (secondary N) is 1. The van der Waals surface area contributed by atoms with Crippen LogP contribution in [0.2, 0.25) is 0 Å². The van der Waals surface area contributed by atoms with Crippen molar-refractivity contribution in [1.29, 1.82) is 0 Å². The lowest BCUT2D eigenvalue weighted by Crippen LogP contribution is -2.27. The molecule has 0 saturated carbocycles. The van der Waals surface area contributed by atoms with E-state index in [9.17, 15) is 0 Å². The predicted octanol–water partition coefficient (Wildman–Crippen LogP) is 2.29. The summed E-state index contributed by atoms with van der Waals surface area (Å²) in [7, 11) is 0. The molecule has 1 saturated heterocycles. The van der Waals surface area contributed by atoms with Crippen LogP contribution in [0.15, 0.2) is 0 Å². The van der Waals surface area contributed by atoms with Gasteiger partial charge in [0.25, 0.3) is 0 Å². The van der Waals surface area contributed by atoms with E-state index >= 15 is 0 Å². The molecule has 0 aliphatic carbocycles. The van der Waals surface area contributed by atoms with Crippen molar-refractivity contribution in [2.45, 2.75) is 33.6 Å². The Balaban J connectivity index is 0. The summed E-state index contributed by atoms with van der Waals surface area (Å²) in [5.74, 6) is 0.869. The number of ether oxygens (including phenoxy) is 1. The van der Waals surface area contributed by atoms with Crippen molar-refractivity contribution in [2.75, 3.05) is 26.3 Å². The van der Waals surface area contributed by atoms with E-state index in [0.29, 0.717) is 0 Å². The third kappa shape index (κ3) is 5.56. The molecule has 12 heavy (non-hydrogen) atoms. The Kier molecular flexibility index (Phi) is 8.95. The fourth-order valence-electron chi connectivity index (χ4n) is 1.30. The van der Waals surface area contributed by atoms with Gasteiger partial charge in [0, 0.05) is 14.6 Å². The van der Waals surface area contributed by atoms with Crippen LogP contribution in [-0.4, -0.2) is 26.3 Å². The van der Waals surface area contributed by atoms with Crippen LogP contribution >= 0.6 is 0 Å². The van der Waals surface area contributed by atoms with E-state index in [-0.39, 0.29) is 1.43 Å². The quantitative estimate of drug-likeness (QED) is 0.710. The summed E-state index contributed by atoms with van der Waals surface area (Å²) >= 11 is 0. The fourth-order valence-corrected chi connectivity index (χ4v) is 1.30. The molecule has 76 valence electrons. The van der Waals surface area contributed by atoms with Gasteiger partial charge in [-0.1, -0.05) is 20.8 Å². The van der Waals surface area contributed by atoms with Gasteiger partial charge in [-0.25, -0.2) is 0 Å². The average molecular weight is 175 g/mol.